The molecule has 11 atom stereocenters. The number of aliphatic hydroxyl groups is 3. The van der Waals surface area contributed by atoms with Gasteiger partial charge in [0.05, 0.1) is 42.8 Å². The molecule has 64 heavy (non-hydrogen) atoms. The van der Waals surface area contributed by atoms with Crippen molar-refractivity contribution in [1.82, 2.24) is 5.32 Å². The molecule has 16 heteroatoms. The number of ether oxygens (including phenoxy) is 6. The summed E-state index contributed by atoms with van der Waals surface area (Å²) < 4.78 is 35.6. The predicted molar refractivity (Wildman–Crippen MR) is 224 cm³/mol. The normalized spacial score (nSPS) is 31.2. The number of hydrogen-bond acceptors (Lipinski definition) is 15. The minimum Gasteiger partial charge on any atom is -0.497 e. The fraction of sp³-hybridized carbons (Fsp3) is 0.458. The topological polar surface area (TPSA) is 231 Å². The lowest BCUT2D eigenvalue weighted by Gasteiger charge is -2.67. The average Bonchev–Trinajstić information content (AvgIpc) is 3.26. The molecule has 3 aromatic rings. The van der Waals surface area contributed by atoms with E-state index < -0.39 is 113 Å². The number of Topliss-reactive ketones (excluding diaryl/α,β-unsaturated/α-hetero) is 1. The van der Waals surface area contributed by atoms with E-state index in [9.17, 15) is 39.3 Å². The third-order valence-electron chi connectivity index (χ3n) is 13.8. The van der Waals surface area contributed by atoms with E-state index >= 15 is 4.79 Å². The summed E-state index contributed by atoms with van der Waals surface area (Å²) in [6.07, 6.45) is -10.7. The van der Waals surface area contributed by atoms with Crippen LogP contribution < -0.4 is 10.1 Å². The molecule has 3 fully saturated rings. The van der Waals surface area contributed by atoms with Crippen molar-refractivity contribution in [3.63, 3.8) is 0 Å². The first-order valence-electron chi connectivity index (χ1n) is 21.0. The molecular formula is C48H53NO15. The van der Waals surface area contributed by atoms with E-state index in [1.54, 1.807) is 74.5 Å². The first-order valence-corrected chi connectivity index (χ1v) is 21.0. The van der Waals surface area contributed by atoms with E-state index in [4.69, 9.17) is 28.4 Å². The van der Waals surface area contributed by atoms with E-state index in [-0.39, 0.29) is 35.3 Å². The summed E-state index contributed by atoms with van der Waals surface area (Å²) in [5.41, 5.74) is -7.22. The number of carbonyl (C=O) groups excluding carboxylic acids is 6. The first kappa shape index (κ1) is 46.1. The van der Waals surface area contributed by atoms with Crippen molar-refractivity contribution in [2.75, 3.05) is 13.7 Å². The molecule has 2 saturated carbocycles. The Balaban J connectivity index is 1.39. The Morgan fingerprint density at radius 3 is 2.03 bits per heavy atom. The van der Waals surface area contributed by atoms with Gasteiger partial charge in [-0.1, -0.05) is 62.4 Å². The van der Waals surface area contributed by atoms with Gasteiger partial charge < -0.3 is 49.1 Å². The van der Waals surface area contributed by atoms with Gasteiger partial charge in [0.25, 0.3) is 5.91 Å². The lowest BCUT2D eigenvalue weighted by Crippen LogP contribution is -2.82. The molecule has 1 unspecified atom stereocenters. The minimum atomic E-state index is -2.42. The van der Waals surface area contributed by atoms with Gasteiger partial charge in [-0.2, -0.15) is 0 Å². The van der Waals surface area contributed by atoms with Crippen molar-refractivity contribution in [3.8, 4) is 5.75 Å². The highest BCUT2D eigenvalue weighted by molar-refractivity contribution is 5.96. The zero-order valence-corrected chi connectivity index (χ0v) is 36.6. The summed E-state index contributed by atoms with van der Waals surface area (Å²) in [7, 11) is 1.45. The molecule has 0 radical (unpaired) electrons. The Kier molecular flexibility index (Phi) is 12.4. The van der Waals surface area contributed by atoms with Crippen LogP contribution in [0.25, 0.3) is 0 Å². The largest absolute Gasteiger partial charge is 0.497 e. The van der Waals surface area contributed by atoms with Crippen LogP contribution in [-0.2, 0) is 42.9 Å². The zero-order valence-electron chi connectivity index (χ0n) is 36.6. The maximum Gasteiger partial charge on any atom is 0.338 e. The molecule has 7 rings (SSSR count). The van der Waals surface area contributed by atoms with E-state index in [1.807, 2.05) is 0 Å². The molecule has 2 bridgehead atoms. The van der Waals surface area contributed by atoms with E-state index in [2.05, 4.69) is 5.32 Å². The number of aliphatic hydroxyl groups excluding tert-OH is 2. The van der Waals surface area contributed by atoms with Gasteiger partial charge in [-0.3, -0.25) is 19.2 Å². The van der Waals surface area contributed by atoms with Crippen LogP contribution in [0.15, 0.2) is 96.1 Å². The number of hydrogen-bond donors (Lipinski definition) is 4. The van der Waals surface area contributed by atoms with Gasteiger partial charge in [-0.15, -0.1) is 0 Å². The van der Waals surface area contributed by atoms with Crippen LogP contribution >= 0.6 is 0 Å². The number of benzene rings is 3. The number of amides is 1. The highest BCUT2D eigenvalue weighted by atomic mass is 16.6. The Morgan fingerprint density at radius 2 is 1.47 bits per heavy atom. The van der Waals surface area contributed by atoms with Crippen molar-refractivity contribution in [2.24, 2.45) is 16.7 Å². The molecule has 1 amide bonds. The van der Waals surface area contributed by atoms with Crippen molar-refractivity contribution in [2.45, 2.75) is 108 Å². The molecule has 1 heterocycles. The number of fused-ring (bicyclic) bond motifs is 5. The van der Waals surface area contributed by atoms with Gasteiger partial charge >= 0.3 is 23.9 Å². The molecule has 3 aliphatic carbocycles. The maximum atomic E-state index is 15.5. The van der Waals surface area contributed by atoms with Crippen molar-refractivity contribution in [3.05, 3.63) is 113 Å². The quantitative estimate of drug-likeness (QED) is 0.122. The Bertz CT molecular complexity index is 2350. The lowest BCUT2D eigenvalue weighted by molar-refractivity contribution is -0.346. The molecule has 4 N–H and O–H groups in total. The predicted octanol–water partition coefficient (Wildman–Crippen LogP) is 3.74. The van der Waals surface area contributed by atoms with Gasteiger partial charge in [-0.05, 0) is 67.0 Å². The van der Waals surface area contributed by atoms with Crippen molar-refractivity contribution >= 4 is 35.6 Å². The number of methoxy groups -OCH3 is 1. The van der Waals surface area contributed by atoms with Gasteiger partial charge in [0.15, 0.2) is 23.6 Å². The van der Waals surface area contributed by atoms with Gasteiger partial charge in [0.2, 0.25) is 0 Å². The minimum absolute atomic E-state index is 0.00717. The molecule has 340 valence electrons. The highest BCUT2D eigenvalue weighted by Gasteiger charge is 2.78. The van der Waals surface area contributed by atoms with Gasteiger partial charge in [0, 0.05) is 37.7 Å². The molecule has 4 aliphatic rings. The standard InChI is InChI=1S/C48H53NO15/c1-25-32(62-44(57)37(53)36(28-14-10-8-11-15-28)49-42(55)29-16-12-9-13-17-29)23-48(58)41(63-43(56)30-18-20-31(59-7)21-19-30)39-46(6,33(52)22-34-47(39,24-60-34)64-27(3)51)40(54)38(61-26(2)50)35(25)45(48,4)5/h8-21,32-34,36-39,41,52-53,58H,22-24H2,1-7H3,(H,49,55)/t32-,33-,34?,36-,37+,38+,39-,41-,46+,47-,48+/m0/s1. The van der Waals surface area contributed by atoms with E-state index in [1.165, 1.54) is 45.2 Å². The van der Waals surface area contributed by atoms with Crippen LogP contribution in [0.4, 0.5) is 0 Å². The fourth-order valence-electron chi connectivity index (χ4n) is 10.3. The molecular weight excluding hydrogens is 831 g/mol. The van der Waals surface area contributed by atoms with Gasteiger partial charge in [-0.25, -0.2) is 9.59 Å². The molecule has 0 aromatic heterocycles. The number of ketones is 1. The Labute approximate surface area is 369 Å². The fourth-order valence-corrected chi connectivity index (χ4v) is 10.3. The summed E-state index contributed by atoms with van der Waals surface area (Å²) in [6, 6.07) is 20.9. The van der Waals surface area contributed by atoms with Crippen molar-refractivity contribution < 1.29 is 72.5 Å². The summed E-state index contributed by atoms with van der Waals surface area (Å²) in [5.74, 6) is -6.54. The summed E-state index contributed by atoms with van der Waals surface area (Å²) >= 11 is 0. The third-order valence-corrected chi connectivity index (χ3v) is 13.8. The molecule has 1 aliphatic heterocycles. The molecule has 0 spiro atoms. The number of esters is 4. The smallest absolute Gasteiger partial charge is 0.338 e. The average molecular weight is 884 g/mol. The Morgan fingerprint density at radius 1 is 0.844 bits per heavy atom. The SMILES string of the molecule is COc1ccc(C(=O)O[C@H]2[C@H]3[C@](C)(C(=O)[C@H](OC(C)=O)C4=C(C)[C@@H](OC(=O)[C@H](O)[C@@H](NC(=O)c5ccccc5)c5ccccc5)C[C@]2(O)C4(C)C)[C@@H](O)CC2OC[C@]23OC(C)=O)cc1. The third kappa shape index (κ3) is 7.65. The molecule has 1 saturated heterocycles. The zero-order chi connectivity index (χ0) is 46.5. The van der Waals surface area contributed by atoms with E-state index in [0.29, 0.717) is 11.3 Å². The molecule has 3 aromatic carbocycles. The summed E-state index contributed by atoms with van der Waals surface area (Å²) in [6.45, 7) is 7.91. The van der Waals surface area contributed by atoms with Crippen LogP contribution in [0.1, 0.15) is 86.7 Å². The molecule has 16 nitrogen and oxygen atoms in total. The first-order chi connectivity index (χ1) is 30.2. The van der Waals surface area contributed by atoms with Crippen LogP contribution in [0.2, 0.25) is 0 Å². The highest BCUT2D eigenvalue weighted by Crippen LogP contribution is 2.64. The van der Waals surface area contributed by atoms with E-state index in [0.717, 1.165) is 13.8 Å². The van der Waals surface area contributed by atoms with Crippen LogP contribution in [0.5, 0.6) is 5.75 Å². The lowest BCUT2D eigenvalue weighted by atomic mass is 9.44. The number of rotatable bonds is 11. The van der Waals surface area contributed by atoms with Gasteiger partial charge in [0.1, 0.15) is 29.7 Å². The maximum absolute atomic E-state index is 15.5. The van der Waals surface area contributed by atoms with Crippen LogP contribution in [0, 0.1) is 16.7 Å². The van der Waals surface area contributed by atoms with Crippen molar-refractivity contribution in [1.29, 1.82) is 0 Å². The number of carbonyl (C=O) groups is 6. The summed E-state index contributed by atoms with van der Waals surface area (Å²) in [5, 5.41) is 40.4. The second kappa shape index (κ2) is 17.2. The second-order valence-corrected chi connectivity index (χ2v) is 17.7. The Hall–Kier alpha value is -5.94. The van der Waals surface area contributed by atoms with Crippen LogP contribution in [0.3, 0.4) is 0 Å². The monoisotopic (exact) mass is 883 g/mol. The van der Waals surface area contributed by atoms with Crippen LogP contribution in [-0.4, -0.2) is 112 Å². The number of nitrogens with one attached hydrogen (secondary N) is 1. The summed E-state index contributed by atoms with van der Waals surface area (Å²) in [4.78, 5) is 83.8. The second-order valence-electron chi connectivity index (χ2n) is 17.7.